The molecule has 0 amide bonds. The molecule has 66 valence electrons. The number of nitrogens with one attached hydrogen (secondary N) is 1. The summed E-state index contributed by atoms with van der Waals surface area (Å²) in [5.41, 5.74) is 1.92. The highest BCUT2D eigenvalue weighted by molar-refractivity contribution is 7.71. The molecular weight excluding hydrogens is 184 g/mol. The Morgan fingerprint density at radius 3 is 3.00 bits per heavy atom. The molecule has 0 atom stereocenters. The molecule has 0 saturated carbocycles. The van der Waals surface area contributed by atoms with Crippen LogP contribution in [0.15, 0.2) is 29.1 Å². The molecule has 0 aliphatic rings. The maximum absolute atomic E-state index is 5.00. The Morgan fingerprint density at radius 2 is 2.38 bits per heavy atom. The maximum Gasteiger partial charge on any atom is 0.130 e. The lowest BCUT2D eigenvalue weighted by atomic mass is 10.2. The smallest absolute Gasteiger partial charge is 0.130 e. The Kier molecular flexibility index (Phi) is 1.98. The van der Waals surface area contributed by atoms with Crippen molar-refractivity contribution in [3.05, 3.63) is 35.1 Å². The summed E-state index contributed by atoms with van der Waals surface area (Å²) in [6.45, 7) is 1.87. The molecule has 4 heteroatoms. The molecule has 0 saturated heterocycles. The predicted molar refractivity (Wildman–Crippen MR) is 51.9 cm³/mol. The number of H-pyrrole nitrogens is 1. The van der Waals surface area contributed by atoms with Crippen LogP contribution in [-0.2, 0) is 0 Å². The van der Waals surface area contributed by atoms with Gasteiger partial charge >= 0.3 is 0 Å². The van der Waals surface area contributed by atoms with Crippen LogP contribution in [0, 0.1) is 11.6 Å². The van der Waals surface area contributed by atoms with E-state index in [0.29, 0.717) is 4.64 Å². The van der Waals surface area contributed by atoms with Crippen LogP contribution >= 0.6 is 12.2 Å². The van der Waals surface area contributed by atoms with Crippen LogP contribution in [0.5, 0.6) is 0 Å². The first kappa shape index (κ1) is 8.19. The van der Waals surface area contributed by atoms with Gasteiger partial charge in [-0.15, -0.1) is 0 Å². The molecular formula is C9H8N2OS. The molecule has 0 unspecified atom stereocenters. The summed E-state index contributed by atoms with van der Waals surface area (Å²) < 4.78 is 5.56. The van der Waals surface area contributed by atoms with E-state index in [1.54, 1.807) is 12.5 Å². The van der Waals surface area contributed by atoms with E-state index in [9.17, 15) is 0 Å². The Hall–Kier alpha value is -1.42. The first-order valence-corrected chi connectivity index (χ1v) is 4.27. The van der Waals surface area contributed by atoms with E-state index in [1.807, 2.05) is 19.1 Å². The molecule has 0 fully saturated rings. The van der Waals surface area contributed by atoms with Crippen molar-refractivity contribution in [1.82, 2.24) is 9.97 Å². The molecule has 2 rings (SSSR count). The van der Waals surface area contributed by atoms with E-state index in [0.717, 1.165) is 17.1 Å². The fourth-order valence-corrected chi connectivity index (χ4v) is 1.41. The Labute approximate surface area is 80.4 Å². The van der Waals surface area contributed by atoms with Gasteiger partial charge < -0.3 is 9.40 Å². The zero-order valence-corrected chi connectivity index (χ0v) is 7.89. The van der Waals surface area contributed by atoms with E-state index < -0.39 is 0 Å². The summed E-state index contributed by atoms with van der Waals surface area (Å²) in [6, 6.07) is 3.69. The van der Waals surface area contributed by atoms with Gasteiger partial charge in [0, 0.05) is 5.56 Å². The number of aryl methyl sites for hydroxylation is 1. The zero-order chi connectivity index (χ0) is 9.26. The molecule has 2 aromatic heterocycles. The Balaban J connectivity index is 2.59. The molecule has 0 spiro atoms. The largest absolute Gasteiger partial charge is 0.472 e. The molecule has 0 radical (unpaired) electrons. The number of hydrogen-bond acceptors (Lipinski definition) is 3. The summed E-state index contributed by atoms with van der Waals surface area (Å²) in [5.74, 6) is 0.809. The summed E-state index contributed by atoms with van der Waals surface area (Å²) >= 11 is 5.00. The standard InChI is InChI=1S/C9H8N2OS/c1-6-10-8(4-9(13)11-6)7-2-3-12-5-7/h2-5H,1H3,(H,10,11,13). The normalized spacial score (nSPS) is 10.2. The minimum Gasteiger partial charge on any atom is -0.472 e. The van der Waals surface area contributed by atoms with Gasteiger partial charge in [0.2, 0.25) is 0 Å². The van der Waals surface area contributed by atoms with E-state index in [2.05, 4.69) is 9.97 Å². The van der Waals surface area contributed by atoms with Crippen LogP contribution in [0.2, 0.25) is 0 Å². The average molecular weight is 192 g/mol. The Morgan fingerprint density at radius 1 is 1.54 bits per heavy atom. The van der Waals surface area contributed by atoms with Crippen LogP contribution in [-0.4, -0.2) is 9.97 Å². The van der Waals surface area contributed by atoms with Gasteiger partial charge in [-0.2, -0.15) is 0 Å². The van der Waals surface area contributed by atoms with Gasteiger partial charge in [0.05, 0.1) is 18.2 Å². The van der Waals surface area contributed by atoms with Gasteiger partial charge in [0.25, 0.3) is 0 Å². The van der Waals surface area contributed by atoms with Crippen LogP contribution < -0.4 is 0 Å². The molecule has 1 N–H and O–H groups in total. The second-order valence-corrected chi connectivity index (χ2v) is 3.15. The van der Waals surface area contributed by atoms with Crippen LogP contribution in [0.3, 0.4) is 0 Å². The van der Waals surface area contributed by atoms with Crippen molar-refractivity contribution in [2.75, 3.05) is 0 Å². The van der Waals surface area contributed by atoms with E-state index in [-0.39, 0.29) is 0 Å². The number of rotatable bonds is 1. The van der Waals surface area contributed by atoms with Crippen molar-refractivity contribution in [2.45, 2.75) is 6.92 Å². The molecule has 13 heavy (non-hydrogen) atoms. The highest BCUT2D eigenvalue weighted by atomic mass is 32.1. The molecule has 0 aliphatic carbocycles. The molecule has 0 aliphatic heterocycles. The monoisotopic (exact) mass is 192 g/mol. The third kappa shape index (κ3) is 1.67. The maximum atomic E-state index is 5.00. The fraction of sp³-hybridized carbons (Fsp3) is 0.111. The second-order valence-electron chi connectivity index (χ2n) is 2.73. The van der Waals surface area contributed by atoms with Gasteiger partial charge in [-0.25, -0.2) is 4.98 Å². The first-order valence-electron chi connectivity index (χ1n) is 3.86. The van der Waals surface area contributed by atoms with Crippen LogP contribution in [0.25, 0.3) is 11.3 Å². The van der Waals surface area contributed by atoms with Crippen LogP contribution in [0.4, 0.5) is 0 Å². The molecule has 0 aromatic carbocycles. The van der Waals surface area contributed by atoms with Gasteiger partial charge in [0.1, 0.15) is 10.5 Å². The second kappa shape index (κ2) is 3.14. The first-order chi connectivity index (χ1) is 6.25. The predicted octanol–water partition coefficient (Wildman–Crippen LogP) is 2.71. The summed E-state index contributed by atoms with van der Waals surface area (Å²) in [6.07, 6.45) is 3.29. The lowest BCUT2D eigenvalue weighted by Crippen LogP contribution is -1.89. The van der Waals surface area contributed by atoms with Crippen molar-refractivity contribution in [3.63, 3.8) is 0 Å². The lowest BCUT2D eigenvalue weighted by molar-refractivity contribution is 0.568. The zero-order valence-electron chi connectivity index (χ0n) is 7.07. The summed E-state index contributed by atoms with van der Waals surface area (Å²) in [7, 11) is 0. The Bertz CT molecular complexity index is 459. The van der Waals surface area contributed by atoms with Crippen LogP contribution in [0.1, 0.15) is 5.82 Å². The van der Waals surface area contributed by atoms with Gasteiger partial charge in [-0.1, -0.05) is 12.2 Å². The highest BCUT2D eigenvalue weighted by Gasteiger charge is 1.99. The van der Waals surface area contributed by atoms with Crippen molar-refractivity contribution < 1.29 is 4.42 Å². The minimum absolute atomic E-state index is 0.590. The molecule has 2 heterocycles. The van der Waals surface area contributed by atoms with E-state index >= 15 is 0 Å². The lowest BCUT2D eigenvalue weighted by Gasteiger charge is -1.98. The molecule has 3 nitrogen and oxygen atoms in total. The van der Waals surface area contributed by atoms with Crippen molar-refractivity contribution in [1.29, 1.82) is 0 Å². The number of aromatic amines is 1. The van der Waals surface area contributed by atoms with Crippen molar-refractivity contribution >= 4 is 12.2 Å². The quantitative estimate of drug-likeness (QED) is 0.706. The highest BCUT2D eigenvalue weighted by Crippen LogP contribution is 2.16. The number of hydrogen-bond donors (Lipinski definition) is 1. The third-order valence-electron chi connectivity index (χ3n) is 1.69. The van der Waals surface area contributed by atoms with Gasteiger partial charge in [-0.05, 0) is 19.1 Å². The van der Waals surface area contributed by atoms with E-state index in [1.165, 1.54) is 0 Å². The summed E-state index contributed by atoms with van der Waals surface area (Å²) in [4.78, 5) is 7.19. The van der Waals surface area contributed by atoms with Gasteiger partial charge in [0.15, 0.2) is 0 Å². The number of nitrogens with zero attached hydrogens (tertiary/aromatic N) is 1. The van der Waals surface area contributed by atoms with Crippen molar-refractivity contribution in [2.24, 2.45) is 0 Å². The molecule has 0 bridgehead atoms. The fourth-order valence-electron chi connectivity index (χ4n) is 1.15. The number of furan rings is 1. The summed E-state index contributed by atoms with van der Waals surface area (Å²) in [5, 5.41) is 0. The SMILES string of the molecule is Cc1nc(=S)cc(-c2ccoc2)[nH]1. The van der Waals surface area contributed by atoms with Gasteiger partial charge in [-0.3, -0.25) is 0 Å². The van der Waals surface area contributed by atoms with Crippen molar-refractivity contribution in [3.8, 4) is 11.3 Å². The minimum atomic E-state index is 0.590. The topological polar surface area (TPSA) is 41.8 Å². The molecule has 2 aromatic rings. The third-order valence-corrected chi connectivity index (χ3v) is 1.90. The average Bonchev–Trinajstić information content (AvgIpc) is 2.53. The van der Waals surface area contributed by atoms with E-state index in [4.69, 9.17) is 16.6 Å². The number of aromatic nitrogens is 2.